The van der Waals surface area contributed by atoms with E-state index in [1.165, 1.54) is 28.6 Å². The number of para-hydroxylation sites is 1. The van der Waals surface area contributed by atoms with E-state index in [4.69, 9.17) is 10.7 Å². The van der Waals surface area contributed by atoms with Crippen LogP contribution in [0, 0.1) is 0 Å². The molecule has 3 rings (SSSR count). The summed E-state index contributed by atoms with van der Waals surface area (Å²) in [6, 6.07) is 6.24. The van der Waals surface area contributed by atoms with Crippen molar-refractivity contribution in [2.24, 2.45) is 5.73 Å². The molecule has 0 fully saturated rings. The lowest BCUT2D eigenvalue weighted by Gasteiger charge is -2.25. The summed E-state index contributed by atoms with van der Waals surface area (Å²) in [5.74, 6) is 0. The van der Waals surface area contributed by atoms with Gasteiger partial charge in [-0.2, -0.15) is 0 Å². The lowest BCUT2D eigenvalue weighted by Crippen LogP contribution is -2.30. The molecule has 1 aliphatic carbocycles. The van der Waals surface area contributed by atoms with Crippen LogP contribution in [0.4, 0.5) is 0 Å². The standard InChI is InChI=1S/C15H17BrN2/c1-15(2,17)13-9-5-4-8-12(9)18-14-10(13)6-3-7-11(14)16/h3,6-7H,4-5,8,17H2,1-2H3. The molecule has 0 saturated heterocycles. The molecule has 2 N–H and O–H groups in total. The maximum Gasteiger partial charge on any atom is 0.0850 e. The first-order valence-corrected chi connectivity index (χ1v) is 7.17. The predicted molar refractivity (Wildman–Crippen MR) is 78.7 cm³/mol. The van der Waals surface area contributed by atoms with Crippen LogP contribution in [0.5, 0.6) is 0 Å². The quantitative estimate of drug-likeness (QED) is 0.873. The summed E-state index contributed by atoms with van der Waals surface area (Å²) in [5, 5.41) is 1.19. The van der Waals surface area contributed by atoms with Crippen LogP contribution in [-0.2, 0) is 18.4 Å². The molecule has 0 aliphatic heterocycles. The van der Waals surface area contributed by atoms with Gasteiger partial charge >= 0.3 is 0 Å². The van der Waals surface area contributed by atoms with Crippen molar-refractivity contribution in [3.8, 4) is 0 Å². The minimum atomic E-state index is -0.323. The van der Waals surface area contributed by atoms with Crippen molar-refractivity contribution < 1.29 is 0 Å². The highest BCUT2D eigenvalue weighted by Gasteiger charge is 2.27. The first kappa shape index (κ1) is 12.1. The first-order valence-electron chi connectivity index (χ1n) is 6.38. The summed E-state index contributed by atoms with van der Waals surface area (Å²) in [7, 11) is 0. The van der Waals surface area contributed by atoms with E-state index in [1.54, 1.807) is 0 Å². The topological polar surface area (TPSA) is 38.9 Å². The molecule has 18 heavy (non-hydrogen) atoms. The fourth-order valence-electron chi connectivity index (χ4n) is 2.98. The highest BCUT2D eigenvalue weighted by atomic mass is 79.9. The summed E-state index contributed by atoms with van der Waals surface area (Å²) >= 11 is 3.60. The average molecular weight is 305 g/mol. The monoisotopic (exact) mass is 304 g/mol. The average Bonchev–Trinajstić information content (AvgIpc) is 2.72. The molecule has 94 valence electrons. The van der Waals surface area contributed by atoms with Gasteiger partial charge in [-0.05, 0) is 66.2 Å². The van der Waals surface area contributed by atoms with Gasteiger partial charge in [0.05, 0.1) is 5.52 Å². The van der Waals surface area contributed by atoms with Gasteiger partial charge in [-0.3, -0.25) is 4.98 Å². The molecule has 0 atom stereocenters. The largest absolute Gasteiger partial charge is 0.322 e. The number of aromatic nitrogens is 1. The van der Waals surface area contributed by atoms with Crippen molar-refractivity contribution in [3.05, 3.63) is 39.5 Å². The Kier molecular flexibility index (Phi) is 2.72. The molecule has 0 unspecified atom stereocenters. The van der Waals surface area contributed by atoms with Crippen LogP contribution in [0.25, 0.3) is 10.9 Å². The zero-order valence-corrected chi connectivity index (χ0v) is 12.3. The molecule has 3 heteroatoms. The molecule has 0 bridgehead atoms. The van der Waals surface area contributed by atoms with Gasteiger partial charge in [-0.1, -0.05) is 12.1 Å². The van der Waals surface area contributed by atoms with E-state index in [1.807, 2.05) is 6.07 Å². The number of halogens is 1. The number of hydrogen-bond acceptors (Lipinski definition) is 2. The first-order chi connectivity index (χ1) is 8.48. The van der Waals surface area contributed by atoms with Gasteiger partial charge in [0.2, 0.25) is 0 Å². The van der Waals surface area contributed by atoms with E-state index in [0.717, 1.165) is 22.8 Å². The SMILES string of the molecule is CC(C)(N)c1c2c(nc3c(Br)cccc13)CCC2. The highest BCUT2D eigenvalue weighted by molar-refractivity contribution is 9.10. The lowest BCUT2D eigenvalue weighted by molar-refractivity contribution is 0.553. The van der Waals surface area contributed by atoms with E-state index in [-0.39, 0.29) is 5.54 Å². The van der Waals surface area contributed by atoms with E-state index in [2.05, 4.69) is 41.9 Å². The minimum absolute atomic E-state index is 0.323. The van der Waals surface area contributed by atoms with Gasteiger partial charge in [0.25, 0.3) is 0 Å². The summed E-state index contributed by atoms with van der Waals surface area (Å²) in [6.45, 7) is 4.17. The molecule has 1 heterocycles. The second kappa shape index (κ2) is 4.04. The van der Waals surface area contributed by atoms with E-state index in [0.29, 0.717) is 0 Å². The van der Waals surface area contributed by atoms with Crippen molar-refractivity contribution in [2.45, 2.75) is 38.6 Å². The third kappa shape index (κ3) is 1.77. The second-order valence-electron chi connectivity index (χ2n) is 5.62. The molecule has 2 nitrogen and oxygen atoms in total. The Morgan fingerprint density at radius 2 is 2.06 bits per heavy atom. The third-order valence-electron chi connectivity index (χ3n) is 3.64. The Labute approximate surface area is 116 Å². The van der Waals surface area contributed by atoms with Crippen molar-refractivity contribution in [1.29, 1.82) is 0 Å². The van der Waals surface area contributed by atoms with Gasteiger partial charge < -0.3 is 5.73 Å². The summed E-state index contributed by atoms with van der Waals surface area (Å²) in [5.41, 5.74) is 11.0. The van der Waals surface area contributed by atoms with Crippen molar-refractivity contribution in [1.82, 2.24) is 4.98 Å². The number of benzene rings is 1. The molecule has 0 radical (unpaired) electrons. The maximum absolute atomic E-state index is 6.40. The number of pyridine rings is 1. The van der Waals surface area contributed by atoms with Crippen LogP contribution in [0.3, 0.4) is 0 Å². The van der Waals surface area contributed by atoms with E-state index >= 15 is 0 Å². The summed E-state index contributed by atoms with van der Waals surface area (Å²) < 4.78 is 1.06. The van der Waals surface area contributed by atoms with Gasteiger partial charge in [0.15, 0.2) is 0 Å². The Bertz CT molecular complexity index is 626. The Morgan fingerprint density at radius 1 is 1.28 bits per heavy atom. The second-order valence-corrected chi connectivity index (χ2v) is 6.48. The molecule has 0 spiro atoms. The van der Waals surface area contributed by atoms with Crippen LogP contribution in [-0.4, -0.2) is 4.98 Å². The lowest BCUT2D eigenvalue weighted by atomic mass is 9.87. The van der Waals surface area contributed by atoms with Gasteiger partial charge in [0, 0.05) is 21.1 Å². The molecule has 0 amide bonds. The molecule has 1 aromatic heterocycles. The van der Waals surface area contributed by atoms with Gasteiger partial charge in [-0.15, -0.1) is 0 Å². The minimum Gasteiger partial charge on any atom is -0.322 e. The van der Waals surface area contributed by atoms with Crippen LogP contribution in [0.2, 0.25) is 0 Å². The van der Waals surface area contributed by atoms with E-state index in [9.17, 15) is 0 Å². The Morgan fingerprint density at radius 3 is 2.78 bits per heavy atom. The van der Waals surface area contributed by atoms with Crippen LogP contribution in [0.1, 0.15) is 37.1 Å². The summed E-state index contributed by atoms with van der Waals surface area (Å²) in [4.78, 5) is 4.83. The molecule has 1 aromatic carbocycles. The number of hydrogen-bond donors (Lipinski definition) is 1. The smallest absolute Gasteiger partial charge is 0.0850 e. The number of rotatable bonds is 1. The third-order valence-corrected chi connectivity index (χ3v) is 4.28. The molecule has 0 saturated carbocycles. The van der Waals surface area contributed by atoms with Crippen LogP contribution in [0.15, 0.2) is 22.7 Å². The van der Waals surface area contributed by atoms with Crippen LogP contribution >= 0.6 is 15.9 Å². The molecule has 2 aromatic rings. The van der Waals surface area contributed by atoms with Gasteiger partial charge in [-0.25, -0.2) is 0 Å². The fraction of sp³-hybridized carbons (Fsp3) is 0.400. The number of fused-ring (bicyclic) bond motifs is 2. The molecular formula is C15H17BrN2. The van der Waals surface area contributed by atoms with E-state index < -0.39 is 0 Å². The zero-order chi connectivity index (χ0) is 12.9. The summed E-state index contributed by atoms with van der Waals surface area (Å²) in [6.07, 6.45) is 3.38. The molecule has 1 aliphatic rings. The van der Waals surface area contributed by atoms with Crippen molar-refractivity contribution in [3.63, 3.8) is 0 Å². The maximum atomic E-state index is 6.40. The molecular weight excluding hydrogens is 288 g/mol. The predicted octanol–water partition coefficient (Wildman–Crippen LogP) is 3.68. The Balaban J connectivity index is 2.47. The van der Waals surface area contributed by atoms with Crippen LogP contribution < -0.4 is 5.73 Å². The fourth-order valence-corrected chi connectivity index (χ4v) is 3.44. The number of nitrogens with zero attached hydrogens (tertiary/aromatic N) is 1. The Hall–Kier alpha value is -0.930. The van der Waals surface area contributed by atoms with Crippen molar-refractivity contribution >= 4 is 26.8 Å². The van der Waals surface area contributed by atoms with Crippen molar-refractivity contribution in [2.75, 3.05) is 0 Å². The normalized spacial score (nSPS) is 15.1. The zero-order valence-electron chi connectivity index (χ0n) is 10.8. The number of nitrogens with two attached hydrogens (primary N) is 1. The highest BCUT2D eigenvalue weighted by Crippen LogP contribution is 2.37. The number of aryl methyl sites for hydroxylation is 1. The van der Waals surface area contributed by atoms with Gasteiger partial charge in [0.1, 0.15) is 0 Å².